The van der Waals surface area contributed by atoms with Gasteiger partial charge in [-0.3, -0.25) is 4.68 Å². The van der Waals surface area contributed by atoms with Crippen LogP contribution in [0.15, 0.2) is 17.3 Å². The van der Waals surface area contributed by atoms with Gasteiger partial charge in [0.1, 0.15) is 4.90 Å². The van der Waals surface area contributed by atoms with Gasteiger partial charge in [-0.2, -0.15) is 9.40 Å². The SMILES string of the molecule is COCCn1cc(S(=O)(=O)N2CCC[C@H]3CCCC[C@H]32)cn1. The van der Waals surface area contributed by atoms with Gasteiger partial charge in [0.15, 0.2) is 0 Å². The molecule has 0 radical (unpaired) electrons. The summed E-state index contributed by atoms with van der Waals surface area (Å²) in [6.07, 6.45) is 9.79. The molecule has 0 spiro atoms. The van der Waals surface area contributed by atoms with Gasteiger partial charge in [0.25, 0.3) is 0 Å². The van der Waals surface area contributed by atoms with Gasteiger partial charge in [0.05, 0.1) is 19.3 Å². The van der Waals surface area contributed by atoms with Gasteiger partial charge < -0.3 is 4.74 Å². The maximum atomic E-state index is 13.0. The van der Waals surface area contributed by atoms with Crippen LogP contribution in [0.25, 0.3) is 0 Å². The number of rotatable bonds is 5. The van der Waals surface area contributed by atoms with Crippen LogP contribution in [0.4, 0.5) is 0 Å². The zero-order valence-electron chi connectivity index (χ0n) is 13.1. The predicted molar refractivity (Wildman–Crippen MR) is 83.0 cm³/mol. The number of nitrogens with zero attached hydrogens (tertiary/aromatic N) is 3. The second-order valence-electron chi connectivity index (χ2n) is 6.30. The van der Waals surface area contributed by atoms with Crippen LogP contribution in [0, 0.1) is 5.92 Å². The molecule has 2 aliphatic rings. The molecule has 1 saturated carbocycles. The average Bonchev–Trinajstić information content (AvgIpc) is 3.02. The molecule has 2 atom stereocenters. The van der Waals surface area contributed by atoms with Gasteiger partial charge in [-0.15, -0.1) is 0 Å². The summed E-state index contributed by atoms with van der Waals surface area (Å²) in [5.41, 5.74) is 0. The van der Waals surface area contributed by atoms with Gasteiger partial charge in [-0.25, -0.2) is 8.42 Å². The normalized spacial score (nSPS) is 26.8. The van der Waals surface area contributed by atoms with Crippen LogP contribution in [-0.4, -0.2) is 48.8 Å². The number of aromatic nitrogens is 2. The van der Waals surface area contributed by atoms with Crippen molar-refractivity contribution in [1.82, 2.24) is 14.1 Å². The highest BCUT2D eigenvalue weighted by atomic mass is 32.2. The van der Waals surface area contributed by atoms with E-state index in [2.05, 4.69) is 5.10 Å². The van der Waals surface area contributed by atoms with Crippen molar-refractivity contribution in [1.29, 1.82) is 0 Å². The Balaban J connectivity index is 1.80. The third kappa shape index (κ3) is 3.07. The fourth-order valence-electron chi connectivity index (χ4n) is 3.80. The summed E-state index contributed by atoms with van der Waals surface area (Å²) in [4.78, 5) is 0.315. The Kier molecular flexibility index (Phi) is 4.84. The lowest BCUT2D eigenvalue weighted by Gasteiger charge is -2.42. The van der Waals surface area contributed by atoms with Crippen molar-refractivity contribution >= 4 is 10.0 Å². The minimum absolute atomic E-state index is 0.190. The first-order chi connectivity index (χ1) is 10.6. The Morgan fingerprint density at radius 2 is 2.05 bits per heavy atom. The van der Waals surface area contributed by atoms with E-state index in [1.54, 1.807) is 22.3 Å². The van der Waals surface area contributed by atoms with Crippen LogP contribution >= 0.6 is 0 Å². The monoisotopic (exact) mass is 327 g/mol. The number of piperidine rings is 1. The molecule has 2 heterocycles. The second-order valence-corrected chi connectivity index (χ2v) is 8.19. The highest BCUT2D eigenvalue weighted by molar-refractivity contribution is 7.89. The van der Waals surface area contributed by atoms with Crippen molar-refractivity contribution < 1.29 is 13.2 Å². The molecular formula is C15H25N3O3S. The van der Waals surface area contributed by atoms with Crippen LogP contribution in [0.1, 0.15) is 38.5 Å². The predicted octanol–water partition coefficient (Wildman–Crippen LogP) is 1.87. The van der Waals surface area contributed by atoms with E-state index in [0.29, 0.717) is 30.5 Å². The van der Waals surface area contributed by atoms with Crippen molar-refractivity contribution in [3.8, 4) is 0 Å². The molecule has 1 aliphatic carbocycles. The Hall–Kier alpha value is -0.920. The lowest BCUT2D eigenvalue weighted by Crippen LogP contribution is -2.49. The average molecular weight is 327 g/mol. The van der Waals surface area contributed by atoms with Crippen LogP contribution in [0.5, 0.6) is 0 Å². The first-order valence-corrected chi connectivity index (χ1v) is 9.60. The Morgan fingerprint density at radius 1 is 1.27 bits per heavy atom. The fourth-order valence-corrected chi connectivity index (χ4v) is 5.51. The van der Waals surface area contributed by atoms with E-state index in [1.807, 2.05) is 0 Å². The fraction of sp³-hybridized carbons (Fsp3) is 0.800. The van der Waals surface area contributed by atoms with Crippen LogP contribution < -0.4 is 0 Å². The molecule has 0 unspecified atom stereocenters. The van der Waals surface area contributed by atoms with Gasteiger partial charge in [-0.05, 0) is 31.6 Å². The molecule has 0 N–H and O–H groups in total. The topological polar surface area (TPSA) is 64.4 Å². The zero-order valence-corrected chi connectivity index (χ0v) is 14.0. The maximum absolute atomic E-state index is 13.0. The molecule has 1 aliphatic heterocycles. The Morgan fingerprint density at radius 3 is 2.86 bits per heavy atom. The van der Waals surface area contributed by atoms with Gasteiger partial charge in [0, 0.05) is 25.9 Å². The molecule has 6 nitrogen and oxygen atoms in total. The number of fused-ring (bicyclic) bond motifs is 1. The summed E-state index contributed by atoms with van der Waals surface area (Å²) in [5, 5.41) is 4.15. The molecule has 0 bridgehead atoms. The van der Waals surface area contributed by atoms with E-state index in [4.69, 9.17) is 4.74 Å². The molecule has 7 heteroatoms. The lowest BCUT2D eigenvalue weighted by molar-refractivity contribution is 0.129. The molecule has 3 rings (SSSR count). The standard InChI is InChI=1S/C15H25N3O3S/c1-21-10-9-17-12-14(11-16-17)22(19,20)18-8-4-6-13-5-2-3-7-15(13)18/h11-13,15H,2-10H2,1H3/t13-,15-/m1/s1. The van der Waals surface area contributed by atoms with Gasteiger partial charge in [0.2, 0.25) is 10.0 Å². The highest BCUT2D eigenvalue weighted by Gasteiger charge is 2.40. The van der Waals surface area contributed by atoms with E-state index in [9.17, 15) is 8.42 Å². The van der Waals surface area contributed by atoms with E-state index in [1.165, 1.54) is 25.5 Å². The van der Waals surface area contributed by atoms with Crippen molar-refractivity contribution in [2.45, 2.75) is 56.0 Å². The summed E-state index contributed by atoms with van der Waals surface area (Å²) in [7, 11) is -1.80. The summed E-state index contributed by atoms with van der Waals surface area (Å²) in [6.45, 7) is 1.74. The summed E-state index contributed by atoms with van der Waals surface area (Å²) < 4.78 is 34.3. The minimum atomic E-state index is -3.43. The molecule has 0 aromatic carbocycles. The quantitative estimate of drug-likeness (QED) is 0.828. The summed E-state index contributed by atoms with van der Waals surface area (Å²) in [5.74, 6) is 0.542. The molecular weight excluding hydrogens is 302 g/mol. The highest BCUT2D eigenvalue weighted by Crippen LogP contribution is 2.37. The van der Waals surface area contributed by atoms with E-state index < -0.39 is 10.0 Å². The second kappa shape index (κ2) is 6.68. The molecule has 0 amide bonds. The molecule has 1 aromatic heterocycles. The van der Waals surface area contributed by atoms with Gasteiger partial charge in [-0.1, -0.05) is 12.8 Å². The summed E-state index contributed by atoms with van der Waals surface area (Å²) >= 11 is 0. The van der Waals surface area contributed by atoms with Crippen LogP contribution in [0.3, 0.4) is 0 Å². The molecule has 22 heavy (non-hydrogen) atoms. The number of methoxy groups -OCH3 is 1. The maximum Gasteiger partial charge on any atom is 0.246 e. The molecule has 1 saturated heterocycles. The first kappa shape index (κ1) is 16.0. The van der Waals surface area contributed by atoms with Gasteiger partial charge >= 0.3 is 0 Å². The number of sulfonamides is 1. The van der Waals surface area contributed by atoms with Crippen LogP contribution in [0.2, 0.25) is 0 Å². The minimum Gasteiger partial charge on any atom is -0.383 e. The van der Waals surface area contributed by atoms with E-state index in [0.717, 1.165) is 19.3 Å². The Bertz CT molecular complexity index is 597. The number of hydrogen-bond acceptors (Lipinski definition) is 4. The van der Waals surface area contributed by atoms with Crippen molar-refractivity contribution in [3.63, 3.8) is 0 Å². The van der Waals surface area contributed by atoms with Crippen molar-refractivity contribution in [2.24, 2.45) is 5.92 Å². The number of ether oxygens (including phenoxy) is 1. The van der Waals surface area contributed by atoms with E-state index in [-0.39, 0.29) is 6.04 Å². The van der Waals surface area contributed by atoms with Crippen LogP contribution in [-0.2, 0) is 21.3 Å². The number of hydrogen-bond donors (Lipinski definition) is 0. The van der Waals surface area contributed by atoms with Crippen molar-refractivity contribution in [3.05, 3.63) is 12.4 Å². The lowest BCUT2D eigenvalue weighted by atomic mass is 9.79. The van der Waals surface area contributed by atoms with Crippen molar-refractivity contribution in [2.75, 3.05) is 20.3 Å². The summed E-state index contributed by atoms with van der Waals surface area (Å²) in [6, 6.07) is 0.190. The Labute approximate surface area is 132 Å². The molecule has 2 fully saturated rings. The zero-order chi connectivity index (χ0) is 15.6. The third-order valence-electron chi connectivity index (χ3n) is 4.93. The largest absolute Gasteiger partial charge is 0.383 e. The van der Waals surface area contributed by atoms with E-state index >= 15 is 0 Å². The smallest absolute Gasteiger partial charge is 0.246 e. The first-order valence-electron chi connectivity index (χ1n) is 8.16. The molecule has 124 valence electrons. The third-order valence-corrected chi connectivity index (χ3v) is 6.81. The molecule has 1 aromatic rings.